The molecular formula is C24H33F5N2O6. The van der Waals surface area contributed by atoms with Gasteiger partial charge in [0.2, 0.25) is 0 Å². The molecule has 1 aliphatic rings. The fourth-order valence-electron chi connectivity index (χ4n) is 3.82. The molecule has 0 spiro atoms. The van der Waals surface area contributed by atoms with Crippen molar-refractivity contribution in [1.82, 2.24) is 10.2 Å². The van der Waals surface area contributed by atoms with Gasteiger partial charge >= 0.3 is 24.3 Å². The lowest BCUT2D eigenvalue weighted by Crippen LogP contribution is -2.46. The van der Waals surface area contributed by atoms with Crippen LogP contribution in [0.3, 0.4) is 0 Å². The summed E-state index contributed by atoms with van der Waals surface area (Å²) >= 11 is 0. The van der Waals surface area contributed by atoms with Gasteiger partial charge in [-0.05, 0) is 43.9 Å². The second kappa shape index (κ2) is 14.3. The molecule has 1 saturated carbocycles. The molecule has 0 heterocycles. The van der Waals surface area contributed by atoms with Crippen LogP contribution >= 0.6 is 0 Å². The number of alkyl halides is 5. The van der Waals surface area contributed by atoms with E-state index >= 15 is 0 Å². The van der Waals surface area contributed by atoms with Gasteiger partial charge in [-0.2, -0.15) is 22.0 Å². The summed E-state index contributed by atoms with van der Waals surface area (Å²) in [7, 11) is 0. The van der Waals surface area contributed by atoms with Crippen LogP contribution in [0.5, 0.6) is 5.75 Å². The van der Waals surface area contributed by atoms with E-state index in [4.69, 9.17) is 9.47 Å². The highest BCUT2D eigenvalue weighted by Gasteiger charge is 2.59. The van der Waals surface area contributed by atoms with Crippen molar-refractivity contribution in [2.24, 2.45) is 0 Å². The lowest BCUT2D eigenvalue weighted by Gasteiger charge is -2.26. The predicted octanol–water partition coefficient (Wildman–Crippen LogP) is 4.61. The molecular weight excluding hydrogens is 507 g/mol. The zero-order valence-corrected chi connectivity index (χ0v) is 20.6. The largest absolute Gasteiger partial charge is 0.492 e. The highest BCUT2D eigenvalue weighted by Crippen LogP contribution is 2.36. The standard InChI is InChI=1S/C24H33F5N2O6/c1-2-35-20(21(32)33)16-17-8-10-19(11-9-17)36-15-13-31(22(34)30-18-6-3-4-7-18)12-5-14-37-24(28,29)23(25,26)27/h8-11,18,20H,2-7,12-16H2,1H3,(H,30,34)(H,32,33). The Morgan fingerprint density at radius 3 is 2.30 bits per heavy atom. The zero-order valence-electron chi connectivity index (χ0n) is 20.6. The van der Waals surface area contributed by atoms with E-state index in [0.29, 0.717) is 5.75 Å². The first-order valence-electron chi connectivity index (χ1n) is 12.1. The third-order valence-electron chi connectivity index (χ3n) is 5.77. The van der Waals surface area contributed by atoms with Crippen molar-refractivity contribution in [3.8, 4) is 5.75 Å². The minimum atomic E-state index is -5.81. The summed E-state index contributed by atoms with van der Waals surface area (Å²) in [5.74, 6) is -0.609. The summed E-state index contributed by atoms with van der Waals surface area (Å²) in [6.45, 7) is 1.06. The van der Waals surface area contributed by atoms with E-state index in [1.807, 2.05) is 0 Å². The van der Waals surface area contributed by atoms with Crippen molar-refractivity contribution in [3.63, 3.8) is 0 Å². The number of carbonyl (C=O) groups excluding carboxylic acids is 1. The van der Waals surface area contributed by atoms with Crippen LogP contribution in [0.25, 0.3) is 0 Å². The number of carboxylic acids is 1. The number of aliphatic carboxylic acids is 1. The third kappa shape index (κ3) is 10.3. The number of hydrogen-bond acceptors (Lipinski definition) is 5. The first kappa shape index (κ1) is 30.6. The fraction of sp³-hybridized carbons (Fsp3) is 0.667. The summed E-state index contributed by atoms with van der Waals surface area (Å²) in [4.78, 5) is 25.2. The van der Waals surface area contributed by atoms with E-state index in [9.17, 15) is 36.6 Å². The van der Waals surface area contributed by atoms with Gasteiger partial charge in [0.1, 0.15) is 12.4 Å². The van der Waals surface area contributed by atoms with E-state index in [2.05, 4.69) is 10.1 Å². The van der Waals surface area contributed by atoms with Gasteiger partial charge in [0.05, 0.1) is 13.2 Å². The van der Waals surface area contributed by atoms with Gasteiger partial charge in [0, 0.05) is 25.6 Å². The Kier molecular flexibility index (Phi) is 11.8. The minimum Gasteiger partial charge on any atom is -0.492 e. The van der Waals surface area contributed by atoms with E-state index in [0.717, 1.165) is 31.2 Å². The molecule has 37 heavy (non-hydrogen) atoms. The van der Waals surface area contributed by atoms with Gasteiger partial charge in [0.15, 0.2) is 6.10 Å². The van der Waals surface area contributed by atoms with Gasteiger partial charge in [-0.25, -0.2) is 9.59 Å². The fourth-order valence-corrected chi connectivity index (χ4v) is 3.82. The van der Waals surface area contributed by atoms with Crippen LogP contribution < -0.4 is 10.1 Å². The molecule has 8 nitrogen and oxygen atoms in total. The summed E-state index contributed by atoms with van der Waals surface area (Å²) in [5, 5.41) is 12.1. The van der Waals surface area contributed by atoms with Crippen molar-refractivity contribution >= 4 is 12.0 Å². The molecule has 13 heteroatoms. The SMILES string of the molecule is CCOC(Cc1ccc(OCCN(CCCOC(F)(F)C(F)(F)F)C(=O)NC2CCCC2)cc1)C(=O)O. The first-order valence-corrected chi connectivity index (χ1v) is 12.1. The van der Waals surface area contributed by atoms with Gasteiger partial charge in [-0.15, -0.1) is 0 Å². The molecule has 0 radical (unpaired) electrons. The molecule has 1 aromatic carbocycles. The number of rotatable bonds is 15. The van der Waals surface area contributed by atoms with Crippen molar-refractivity contribution in [2.75, 3.05) is 32.9 Å². The predicted molar refractivity (Wildman–Crippen MR) is 123 cm³/mol. The lowest BCUT2D eigenvalue weighted by molar-refractivity contribution is -0.391. The molecule has 210 valence electrons. The van der Waals surface area contributed by atoms with Crippen molar-refractivity contribution < 1.29 is 50.9 Å². The highest BCUT2D eigenvalue weighted by atomic mass is 19.4. The van der Waals surface area contributed by atoms with Crippen molar-refractivity contribution in [3.05, 3.63) is 29.8 Å². The Labute approximate surface area is 212 Å². The van der Waals surface area contributed by atoms with E-state index in [1.165, 1.54) is 4.90 Å². The second-order valence-electron chi connectivity index (χ2n) is 8.61. The Morgan fingerprint density at radius 2 is 1.73 bits per heavy atom. The van der Waals surface area contributed by atoms with Crippen LogP contribution in [-0.4, -0.2) is 79.3 Å². The van der Waals surface area contributed by atoms with Gasteiger partial charge in [0.25, 0.3) is 0 Å². The molecule has 1 aromatic rings. The summed E-state index contributed by atoms with van der Waals surface area (Å²) in [5.41, 5.74) is 0.724. The minimum absolute atomic E-state index is 0.0133. The Morgan fingerprint density at radius 1 is 1.08 bits per heavy atom. The Hall–Kier alpha value is -2.67. The van der Waals surface area contributed by atoms with Crippen LogP contribution in [0.2, 0.25) is 0 Å². The number of amides is 2. The molecule has 1 aliphatic carbocycles. The number of hydrogen-bond donors (Lipinski definition) is 2. The highest BCUT2D eigenvalue weighted by molar-refractivity contribution is 5.74. The van der Waals surface area contributed by atoms with Gasteiger partial charge in [-0.1, -0.05) is 25.0 Å². The molecule has 0 bridgehead atoms. The maximum absolute atomic E-state index is 13.0. The molecule has 0 aromatic heterocycles. The molecule has 2 rings (SSSR count). The van der Waals surface area contributed by atoms with Crippen LogP contribution in [0, 0.1) is 0 Å². The molecule has 2 N–H and O–H groups in total. The first-order chi connectivity index (χ1) is 17.4. The van der Waals surface area contributed by atoms with Crippen LogP contribution in [0.15, 0.2) is 24.3 Å². The third-order valence-corrected chi connectivity index (χ3v) is 5.77. The summed E-state index contributed by atoms with van der Waals surface area (Å²) in [6, 6.07) is 6.18. The molecule has 1 atom stereocenters. The number of carbonyl (C=O) groups is 2. The topological polar surface area (TPSA) is 97.3 Å². The number of carboxylic acid groups (broad SMARTS) is 1. The van der Waals surface area contributed by atoms with Crippen LogP contribution in [0.1, 0.15) is 44.6 Å². The van der Waals surface area contributed by atoms with Crippen LogP contribution in [-0.2, 0) is 20.7 Å². The number of nitrogens with zero attached hydrogens (tertiary/aromatic N) is 1. The number of ether oxygens (including phenoxy) is 3. The van der Waals surface area contributed by atoms with E-state index in [-0.39, 0.29) is 45.2 Å². The van der Waals surface area contributed by atoms with E-state index in [1.54, 1.807) is 31.2 Å². The molecule has 0 saturated heterocycles. The number of benzene rings is 1. The maximum Gasteiger partial charge on any atom is 0.482 e. The average Bonchev–Trinajstić information content (AvgIpc) is 3.33. The summed E-state index contributed by atoms with van der Waals surface area (Å²) in [6.07, 6.45) is -8.52. The van der Waals surface area contributed by atoms with Crippen molar-refractivity contribution in [1.29, 1.82) is 0 Å². The number of halogens is 5. The summed E-state index contributed by atoms with van der Waals surface area (Å²) < 4.78 is 77.2. The number of nitrogens with one attached hydrogen (secondary N) is 1. The van der Waals surface area contributed by atoms with E-state index < -0.39 is 37.0 Å². The Balaban J connectivity index is 1.88. The number of urea groups is 1. The normalized spacial score (nSPS) is 15.4. The van der Waals surface area contributed by atoms with Gasteiger partial charge in [-0.3, -0.25) is 0 Å². The molecule has 1 unspecified atom stereocenters. The smallest absolute Gasteiger partial charge is 0.482 e. The Bertz CT molecular complexity index is 847. The molecule has 1 fully saturated rings. The lowest BCUT2D eigenvalue weighted by atomic mass is 10.1. The van der Waals surface area contributed by atoms with Gasteiger partial charge < -0.3 is 29.5 Å². The molecule has 2 amide bonds. The van der Waals surface area contributed by atoms with Crippen LogP contribution in [0.4, 0.5) is 26.7 Å². The zero-order chi connectivity index (χ0) is 27.5. The monoisotopic (exact) mass is 540 g/mol. The maximum atomic E-state index is 13.0. The second-order valence-corrected chi connectivity index (χ2v) is 8.61. The average molecular weight is 541 g/mol. The van der Waals surface area contributed by atoms with Crippen molar-refractivity contribution in [2.45, 2.75) is 69.9 Å². The molecule has 0 aliphatic heterocycles. The quantitative estimate of drug-likeness (QED) is 0.249.